The average Bonchev–Trinajstić information content (AvgIpc) is 2.89. The third-order valence-electron chi connectivity index (χ3n) is 2.75. The Balaban J connectivity index is 2.57. The van der Waals surface area contributed by atoms with E-state index in [9.17, 15) is 5.11 Å². The van der Waals surface area contributed by atoms with E-state index in [1.807, 2.05) is 29.2 Å². The van der Waals surface area contributed by atoms with Crippen LogP contribution in [0, 0.1) is 0 Å². The molecule has 0 aliphatic heterocycles. The molecule has 0 fully saturated rings. The molecule has 1 atom stereocenters. The first-order valence-corrected chi connectivity index (χ1v) is 7.57. The van der Waals surface area contributed by atoms with Crippen LogP contribution in [0.4, 0.5) is 0 Å². The predicted octanol–water partition coefficient (Wildman–Crippen LogP) is 3.14. The summed E-state index contributed by atoms with van der Waals surface area (Å²) in [7, 11) is 1.63. The first-order chi connectivity index (χ1) is 8.69. The van der Waals surface area contributed by atoms with Gasteiger partial charge in [-0.05, 0) is 29.9 Å². The van der Waals surface area contributed by atoms with Gasteiger partial charge in [0.25, 0.3) is 0 Å². The largest absolute Gasteiger partial charge is 0.510 e. The Morgan fingerprint density at radius 3 is 2.83 bits per heavy atom. The van der Waals surface area contributed by atoms with Crippen molar-refractivity contribution < 1.29 is 9.84 Å². The number of ether oxygens (including phenoxy) is 1. The molecule has 18 heavy (non-hydrogen) atoms. The number of hydrogen-bond acceptors (Lipinski definition) is 5. The fourth-order valence-electron chi connectivity index (χ4n) is 1.86. The molecule has 0 radical (unpaired) electrons. The van der Waals surface area contributed by atoms with Crippen molar-refractivity contribution in [3.63, 3.8) is 0 Å². The zero-order valence-electron chi connectivity index (χ0n) is 10.2. The lowest BCUT2D eigenvalue weighted by molar-refractivity contribution is 0.354. The zero-order valence-corrected chi connectivity index (χ0v) is 11.8. The van der Waals surface area contributed by atoms with Gasteiger partial charge in [-0.25, -0.2) is 0 Å². The Morgan fingerprint density at radius 1 is 1.50 bits per heavy atom. The van der Waals surface area contributed by atoms with Gasteiger partial charge < -0.3 is 15.6 Å². The monoisotopic (exact) mass is 281 g/mol. The number of thioether (sulfide) groups is 1. The van der Waals surface area contributed by atoms with Gasteiger partial charge in [0.05, 0.1) is 13.2 Å². The summed E-state index contributed by atoms with van der Waals surface area (Å²) in [6.45, 7) is 0. The lowest BCUT2D eigenvalue weighted by Crippen LogP contribution is -2.28. The van der Waals surface area contributed by atoms with Gasteiger partial charge in [0.1, 0.15) is 11.5 Å². The molecule has 3 nitrogen and oxygen atoms in total. The second-order valence-electron chi connectivity index (χ2n) is 3.76. The van der Waals surface area contributed by atoms with E-state index in [0.29, 0.717) is 0 Å². The molecule has 1 aliphatic rings. The Labute approximate surface area is 115 Å². The smallest absolute Gasteiger partial charge is 0.133 e. The fourth-order valence-corrected chi connectivity index (χ4v) is 3.14. The van der Waals surface area contributed by atoms with Crippen LogP contribution in [0.15, 0.2) is 45.2 Å². The van der Waals surface area contributed by atoms with Crippen molar-refractivity contribution in [1.29, 1.82) is 0 Å². The van der Waals surface area contributed by atoms with Crippen LogP contribution < -0.4 is 5.73 Å². The fraction of sp³-hybridized carbons (Fsp3) is 0.231. The second-order valence-corrected chi connectivity index (χ2v) is 5.39. The molecule has 1 aromatic heterocycles. The van der Waals surface area contributed by atoms with Gasteiger partial charge in [-0.2, -0.15) is 11.3 Å². The molecule has 5 heteroatoms. The van der Waals surface area contributed by atoms with E-state index in [-0.39, 0.29) is 5.76 Å². The molecule has 1 aliphatic carbocycles. The first-order valence-electron chi connectivity index (χ1n) is 5.40. The molecule has 1 unspecified atom stereocenters. The summed E-state index contributed by atoms with van der Waals surface area (Å²) in [5, 5.41) is 13.8. The normalized spacial score (nSPS) is 22.3. The van der Waals surface area contributed by atoms with Crippen molar-refractivity contribution in [1.82, 2.24) is 0 Å². The first kappa shape index (κ1) is 13.3. The van der Waals surface area contributed by atoms with Crippen LogP contribution in [0.1, 0.15) is 5.56 Å². The van der Waals surface area contributed by atoms with Crippen LogP contribution >= 0.6 is 23.1 Å². The molecular formula is C13H15NO2S2. The van der Waals surface area contributed by atoms with Gasteiger partial charge in [-0.1, -0.05) is 0 Å². The third-order valence-corrected chi connectivity index (χ3v) is 4.23. The van der Waals surface area contributed by atoms with Crippen LogP contribution in [0.5, 0.6) is 0 Å². The summed E-state index contributed by atoms with van der Waals surface area (Å²) in [4.78, 5) is 1.02. The SMILES string of the molecule is COC(=C1C(SC)=CC=C(O)C1N)c1ccsc1. The number of aliphatic hydroxyl groups excluding tert-OH is 1. The highest BCUT2D eigenvalue weighted by Crippen LogP contribution is 2.36. The van der Waals surface area contributed by atoms with Gasteiger partial charge >= 0.3 is 0 Å². The summed E-state index contributed by atoms with van der Waals surface area (Å²) in [6.07, 6.45) is 5.49. The summed E-state index contributed by atoms with van der Waals surface area (Å²) in [5.41, 5.74) is 7.89. The molecule has 0 aromatic carbocycles. The molecule has 0 saturated heterocycles. The van der Waals surface area contributed by atoms with E-state index >= 15 is 0 Å². The van der Waals surface area contributed by atoms with Crippen LogP contribution in [0.3, 0.4) is 0 Å². The Bertz CT molecular complexity index is 515. The molecular weight excluding hydrogens is 266 g/mol. The van der Waals surface area contributed by atoms with Crippen LogP contribution in [0.2, 0.25) is 0 Å². The van der Waals surface area contributed by atoms with Gasteiger partial charge in [0.2, 0.25) is 0 Å². The van der Waals surface area contributed by atoms with Gasteiger partial charge in [0, 0.05) is 21.4 Å². The third kappa shape index (κ3) is 2.34. The molecule has 96 valence electrons. The number of methoxy groups -OCH3 is 1. The number of hydrogen-bond donors (Lipinski definition) is 2. The minimum absolute atomic E-state index is 0.160. The van der Waals surface area contributed by atoms with E-state index in [1.165, 1.54) is 0 Å². The van der Waals surface area contributed by atoms with E-state index in [4.69, 9.17) is 10.5 Å². The maximum Gasteiger partial charge on any atom is 0.133 e. The Hall–Kier alpha value is -1.17. The van der Waals surface area contributed by atoms with Crippen molar-refractivity contribution in [2.24, 2.45) is 5.73 Å². The lowest BCUT2D eigenvalue weighted by atomic mass is 9.97. The van der Waals surface area contributed by atoms with Gasteiger partial charge in [-0.3, -0.25) is 0 Å². The average molecular weight is 281 g/mol. The second kappa shape index (κ2) is 5.65. The van der Waals surface area contributed by atoms with Crippen LogP contribution in [-0.4, -0.2) is 24.5 Å². The highest BCUT2D eigenvalue weighted by atomic mass is 32.2. The number of rotatable bonds is 3. The van der Waals surface area contributed by atoms with Crippen molar-refractivity contribution in [2.75, 3.05) is 13.4 Å². The molecule has 0 amide bonds. The topological polar surface area (TPSA) is 55.5 Å². The standard InChI is InChI=1S/C13H15NO2S2/c1-16-13(8-5-6-18-7-8)11-10(17-2)4-3-9(15)12(11)14/h3-7,12,15H,14H2,1-2H3. The van der Waals surface area contributed by atoms with Crippen LogP contribution in [-0.2, 0) is 4.74 Å². The Kier molecular flexibility index (Phi) is 4.16. The Morgan fingerprint density at radius 2 is 2.28 bits per heavy atom. The molecule has 2 rings (SSSR count). The summed E-state index contributed by atoms with van der Waals surface area (Å²) in [6, 6.07) is 1.45. The molecule has 0 saturated carbocycles. The lowest BCUT2D eigenvalue weighted by Gasteiger charge is -2.23. The maximum atomic E-state index is 9.80. The van der Waals surface area contributed by atoms with E-state index in [2.05, 4.69) is 0 Å². The highest BCUT2D eigenvalue weighted by molar-refractivity contribution is 8.02. The molecule has 1 heterocycles. The highest BCUT2D eigenvalue weighted by Gasteiger charge is 2.26. The van der Waals surface area contributed by atoms with Crippen molar-refractivity contribution >= 4 is 28.9 Å². The minimum Gasteiger partial charge on any atom is -0.510 e. The van der Waals surface area contributed by atoms with Crippen molar-refractivity contribution in [3.05, 3.63) is 50.8 Å². The summed E-state index contributed by atoms with van der Waals surface area (Å²) < 4.78 is 5.50. The number of aliphatic hydroxyl groups is 1. The quantitative estimate of drug-likeness (QED) is 0.836. The zero-order chi connectivity index (χ0) is 13.1. The van der Waals surface area contributed by atoms with E-state index in [0.717, 1.165) is 21.8 Å². The minimum atomic E-state index is -0.535. The molecule has 1 aromatic rings. The van der Waals surface area contributed by atoms with Crippen molar-refractivity contribution in [2.45, 2.75) is 6.04 Å². The number of thiophene rings is 1. The van der Waals surface area contributed by atoms with E-state index < -0.39 is 6.04 Å². The summed E-state index contributed by atoms with van der Waals surface area (Å²) >= 11 is 3.19. The molecule has 0 bridgehead atoms. The number of allylic oxidation sites excluding steroid dienone is 2. The summed E-state index contributed by atoms with van der Waals surface area (Å²) in [5.74, 6) is 0.886. The number of nitrogens with two attached hydrogens (primary N) is 1. The predicted molar refractivity (Wildman–Crippen MR) is 78.5 cm³/mol. The van der Waals surface area contributed by atoms with Gasteiger partial charge in [0.15, 0.2) is 0 Å². The molecule has 0 spiro atoms. The van der Waals surface area contributed by atoms with Crippen LogP contribution in [0.25, 0.3) is 5.76 Å². The molecule has 3 N–H and O–H groups in total. The maximum absolute atomic E-state index is 9.80. The van der Waals surface area contributed by atoms with Crippen molar-refractivity contribution in [3.8, 4) is 0 Å². The van der Waals surface area contributed by atoms with E-state index in [1.54, 1.807) is 36.3 Å². The van der Waals surface area contributed by atoms with Gasteiger partial charge in [-0.15, -0.1) is 11.8 Å².